The lowest BCUT2D eigenvalue weighted by molar-refractivity contribution is -0.122. The molecule has 1 amide bonds. The van der Waals surface area contributed by atoms with Gasteiger partial charge in [0.05, 0.1) is 17.3 Å². The fourth-order valence-corrected chi connectivity index (χ4v) is 3.52. The third-order valence-corrected chi connectivity index (χ3v) is 5.00. The molecule has 134 valence electrons. The quantitative estimate of drug-likeness (QED) is 0.547. The minimum absolute atomic E-state index is 0.108. The zero-order valence-electron chi connectivity index (χ0n) is 14.4. The molecular formula is C21H17N3O2S. The molecule has 2 aromatic carbocycles. The van der Waals surface area contributed by atoms with E-state index in [9.17, 15) is 4.79 Å². The van der Waals surface area contributed by atoms with Crippen LogP contribution in [0.3, 0.4) is 0 Å². The van der Waals surface area contributed by atoms with Crippen LogP contribution in [0, 0.1) is 0 Å². The maximum Gasteiger partial charge on any atom is 0.257 e. The Kier molecular flexibility index (Phi) is 5.07. The van der Waals surface area contributed by atoms with Crippen LogP contribution in [0.2, 0.25) is 0 Å². The summed E-state index contributed by atoms with van der Waals surface area (Å²) in [6.45, 7) is 0.188. The predicted molar refractivity (Wildman–Crippen MR) is 104 cm³/mol. The Morgan fingerprint density at radius 2 is 1.59 bits per heavy atom. The second kappa shape index (κ2) is 7.97. The van der Waals surface area contributed by atoms with Crippen molar-refractivity contribution in [3.8, 4) is 10.8 Å². The number of nitrogens with one attached hydrogen (secondary N) is 1. The van der Waals surface area contributed by atoms with Crippen molar-refractivity contribution in [3.63, 3.8) is 0 Å². The van der Waals surface area contributed by atoms with Crippen molar-refractivity contribution in [2.75, 3.05) is 0 Å². The number of nitrogens with zero attached hydrogens (tertiary/aromatic N) is 2. The zero-order chi connectivity index (χ0) is 18.5. The first kappa shape index (κ1) is 17.2. The van der Waals surface area contributed by atoms with Gasteiger partial charge in [-0.2, -0.15) is 0 Å². The third-order valence-electron chi connectivity index (χ3n) is 4.14. The summed E-state index contributed by atoms with van der Waals surface area (Å²) < 4.78 is 5.64. The molecule has 5 nitrogen and oxygen atoms in total. The molecule has 0 atom stereocenters. The molecule has 0 radical (unpaired) electrons. The smallest absolute Gasteiger partial charge is 0.257 e. The van der Waals surface area contributed by atoms with Gasteiger partial charge < -0.3 is 9.73 Å². The monoisotopic (exact) mass is 375 g/mol. The van der Waals surface area contributed by atoms with Crippen LogP contribution < -0.4 is 5.32 Å². The van der Waals surface area contributed by atoms with Gasteiger partial charge in [0, 0.05) is 0 Å². The second-order valence-corrected chi connectivity index (χ2v) is 6.90. The molecule has 0 aliphatic heterocycles. The number of aromatic nitrogens is 2. The molecular weight excluding hydrogens is 358 g/mol. The van der Waals surface area contributed by atoms with E-state index in [-0.39, 0.29) is 12.5 Å². The minimum atomic E-state index is -0.396. The molecule has 0 fully saturated rings. The molecule has 0 unspecified atom stereocenters. The molecule has 0 bridgehead atoms. The van der Waals surface area contributed by atoms with Gasteiger partial charge in [-0.25, -0.2) is 0 Å². The van der Waals surface area contributed by atoms with E-state index < -0.39 is 5.92 Å². The van der Waals surface area contributed by atoms with Crippen LogP contribution in [0.1, 0.15) is 22.9 Å². The fourth-order valence-electron chi connectivity index (χ4n) is 2.88. The van der Waals surface area contributed by atoms with Crippen molar-refractivity contribution in [3.05, 3.63) is 95.2 Å². The van der Waals surface area contributed by atoms with Crippen molar-refractivity contribution in [1.29, 1.82) is 0 Å². The number of rotatable bonds is 6. The van der Waals surface area contributed by atoms with E-state index >= 15 is 0 Å². The van der Waals surface area contributed by atoms with Crippen LogP contribution in [0.4, 0.5) is 0 Å². The summed E-state index contributed by atoms with van der Waals surface area (Å²) in [5.41, 5.74) is 1.87. The van der Waals surface area contributed by atoms with Crippen molar-refractivity contribution < 1.29 is 9.21 Å². The van der Waals surface area contributed by atoms with Crippen LogP contribution in [0.25, 0.3) is 10.8 Å². The minimum Gasteiger partial charge on any atom is -0.418 e. The first-order chi connectivity index (χ1) is 13.3. The summed E-state index contributed by atoms with van der Waals surface area (Å²) >= 11 is 1.53. The molecule has 1 N–H and O–H groups in total. The normalized spacial score (nSPS) is 10.9. The average molecular weight is 375 g/mol. The molecule has 6 heteroatoms. The van der Waals surface area contributed by atoms with Crippen LogP contribution >= 0.6 is 11.3 Å². The van der Waals surface area contributed by atoms with Gasteiger partial charge in [-0.15, -0.1) is 21.5 Å². The lowest BCUT2D eigenvalue weighted by Gasteiger charge is -2.17. The Bertz CT molecular complexity index is 959. The Morgan fingerprint density at radius 3 is 2.19 bits per heavy atom. The highest BCUT2D eigenvalue weighted by molar-refractivity contribution is 7.13. The van der Waals surface area contributed by atoms with Gasteiger partial charge >= 0.3 is 0 Å². The summed E-state index contributed by atoms with van der Waals surface area (Å²) in [6, 6.07) is 23.3. The first-order valence-corrected chi connectivity index (χ1v) is 9.43. The zero-order valence-corrected chi connectivity index (χ0v) is 15.2. The summed E-state index contributed by atoms with van der Waals surface area (Å²) in [5.74, 6) is 0.346. The molecule has 0 saturated carbocycles. The standard InChI is InChI=1S/C21H17N3O2S/c25-20(22-14-18-23-24-21(26-18)17-12-7-13-27-17)19(15-8-3-1-4-9-15)16-10-5-2-6-11-16/h1-13,19H,14H2,(H,22,25). The maximum atomic E-state index is 13.0. The van der Waals surface area contributed by atoms with Crippen LogP contribution in [-0.2, 0) is 11.3 Å². The number of carbonyl (C=O) groups is 1. The van der Waals surface area contributed by atoms with Gasteiger partial charge in [-0.1, -0.05) is 66.7 Å². The highest BCUT2D eigenvalue weighted by atomic mass is 32.1. The van der Waals surface area contributed by atoms with Crippen molar-refractivity contribution in [2.45, 2.75) is 12.5 Å². The lowest BCUT2D eigenvalue weighted by atomic mass is 9.90. The lowest BCUT2D eigenvalue weighted by Crippen LogP contribution is -2.29. The van der Waals surface area contributed by atoms with Crippen molar-refractivity contribution in [2.24, 2.45) is 0 Å². The second-order valence-electron chi connectivity index (χ2n) is 5.95. The molecule has 4 aromatic rings. The first-order valence-electron chi connectivity index (χ1n) is 8.55. The van der Waals surface area contributed by atoms with E-state index in [0.29, 0.717) is 11.8 Å². The van der Waals surface area contributed by atoms with E-state index in [4.69, 9.17) is 4.42 Å². The number of hydrogen-bond donors (Lipinski definition) is 1. The highest BCUT2D eigenvalue weighted by Crippen LogP contribution is 2.25. The molecule has 2 aromatic heterocycles. The molecule has 0 spiro atoms. The Morgan fingerprint density at radius 1 is 0.926 bits per heavy atom. The number of thiophene rings is 1. The Hall–Kier alpha value is -3.25. The molecule has 0 aliphatic carbocycles. The average Bonchev–Trinajstić information content (AvgIpc) is 3.40. The van der Waals surface area contributed by atoms with Gasteiger partial charge in [-0.05, 0) is 22.6 Å². The predicted octanol–water partition coefficient (Wildman–Crippen LogP) is 4.25. The van der Waals surface area contributed by atoms with E-state index in [1.807, 2.05) is 78.2 Å². The van der Waals surface area contributed by atoms with Crippen molar-refractivity contribution >= 4 is 17.2 Å². The van der Waals surface area contributed by atoms with Gasteiger partial charge in [0.25, 0.3) is 5.89 Å². The number of benzene rings is 2. The van der Waals surface area contributed by atoms with Gasteiger partial charge in [0.1, 0.15) is 0 Å². The number of hydrogen-bond acceptors (Lipinski definition) is 5. The van der Waals surface area contributed by atoms with Gasteiger partial charge in [-0.3, -0.25) is 4.79 Å². The largest absolute Gasteiger partial charge is 0.418 e. The third kappa shape index (κ3) is 3.96. The molecule has 27 heavy (non-hydrogen) atoms. The summed E-state index contributed by atoms with van der Waals surface area (Å²) in [7, 11) is 0. The fraction of sp³-hybridized carbons (Fsp3) is 0.0952. The highest BCUT2D eigenvalue weighted by Gasteiger charge is 2.23. The van der Waals surface area contributed by atoms with E-state index in [2.05, 4.69) is 15.5 Å². The van der Waals surface area contributed by atoms with Crippen LogP contribution in [0.5, 0.6) is 0 Å². The molecule has 2 heterocycles. The van der Waals surface area contributed by atoms with Crippen LogP contribution in [0.15, 0.2) is 82.6 Å². The van der Waals surface area contributed by atoms with E-state index in [0.717, 1.165) is 16.0 Å². The summed E-state index contributed by atoms with van der Waals surface area (Å²) in [5, 5.41) is 12.9. The van der Waals surface area contributed by atoms with Crippen molar-refractivity contribution in [1.82, 2.24) is 15.5 Å². The summed E-state index contributed by atoms with van der Waals surface area (Å²) in [4.78, 5) is 13.9. The van der Waals surface area contributed by atoms with Gasteiger partial charge in [0.2, 0.25) is 11.8 Å². The molecule has 0 saturated heterocycles. The SMILES string of the molecule is O=C(NCc1nnc(-c2cccs2)o1)C(c1ccccc1)c1ccccc1. The Labute approximate surface area is 160 Å². The topological polar surface area (TPSA) is 68.0 Å². The Balaban J connectivity index is 1.51. The number of amides is 1. The van der Waals surface area contributed by atoms with E-state index in [1.54, 1.807) is 0 Å². The molecule has 0 aliphatic rings. The van der Waals surface area contributed by atoms with E-state index in [1.165, 1.54) is 11.3 Å². The van der Waals surface area contributed by atoms with Gasteiger partial charge in [0.15, 0.2) is 0 Å². The maximum absolute atomic E-state index is 13.0. The molecule has 4 rings (SSSR count). The number of carbonyl (C=O) groups excluding carboxylic acids is 1. The van der Waals surface area contributed by atoms with Crippen LogP contribution in [-0.4, -0.2) is 16.1 Å². The summed E-state index contributed by atoms with van der Waals surface area (Å²) in [6.07, 6.45) is 0.